The predicted octanol–water partition coefficient (Wildman–Crippen LogP) is 3.49. The van der Waals surface area contributed by atoms with Crippen LogP contribution >= 0.6 is 36.4 Å². The fourth-order valence-corrected chi connectivity index (χ4v) is 2.61. The van der Waals surface area contributed by atoms with E-state index in [9.17, 15) is 4.39 Å². The van der Waals surface area contributed by atoms with Crippen LogP contribution in [0.2, 0.25) is 5.02 Å². The van der Waals surface area contributed by atoms with Crippen molar-refractivity contribution in [2.24, 2.45) is 0 Å². The van der Waals surface area contributed by atoms with Gasteiger partial charge in [0.15, 0.2) is 5.82 Å². The fourth-order valence-electron chi connectivity index (χ4n) is 2.44. The lowest BCUT2D eigenvalue weighted by Crippen LogP contribution is -2.28. The van der Waals surface area contributed by atoms with Crippen LogP contribution in [0.4, 0.5) is 10.2 Å². The Balaban J connectivity index is 0.00000156. The van der Waals surface area contributed by atoms with Crippen molar-refractivity contribution in [2.75, 3.05) is 31.1 Å². The van der Waals surface area contributed by atoms with E-state index in [1.165, 1.54) is 18.2 Å². The molecule has 0 atom stereocenters. The molecule has 0 radical (unpaired) electrons. The molecule has 1 aromatic carbocycles. The minimum atomic E-state index is -0.343. The van der Waals surface area contributed by atoms with Crippen molar-refractivity contribution in [3.63, 3.8) is 0 Å². The molecule has 0 spiro atoms. The average molecular weight is 410 g/mol. The van der Waals surface area contributed by atoms with E-state index in [0.29, 0.717) is 16.5 Å². The molecule has 2 heterocycles. The zero-order valence-corrected chi connectivity index (χ0v) is 15.8. The van der Waals surface area contributed by atoms with Gasteiger partial charge < -0.3 is 15.0 Å². The van der Waals surface area contributed by atoms with Gasteiger partial charge in [0.25, 0.3) is 0 Å². The molecule has 25 heavy (non-hydrogen) atoms. The van der Waals surface area contributed by atoms with Crippen LogP contribution in [-0.2, 0) is 6.61 Å². The Morgan fingerprint density at radius 2 is 2.04 bits per heavy atom. The van der Waals surface area contributed by atoms with E-state index < -0.39 is 0 Å². The molecule has 9 heteroatoms. The fraction of sp³-hybridized carbons (Fsp3) is 0.375. The van der Waals surface area contributed by atoms with Crippen LogP contribution in [0.1, 0.15) is 12.0 Å². The normalized spacial score (nSPS) is 14.1. The number of hydrogen-bond acceptors (Lipinski definition) is 5. The van der Waals surface area contributed by atoms with Crippen LogP contribution in [0.3, 0.4) is 0 Å². The molecule has 0 amide bonds. The SMILES string of the molecule is Cl.Cl.Fc1ccc(Cl)c(COc2cncc(N3CCCNCC3)n2)c1. The predicted molar refractivity (Wildman–Crippen MR) is 102 cm³/mol. The molecule has 138 valence electrons. The highest BCUT2D eigenvalue weighted by Gasteiger charge is 2.12. The van der Waals surface area contributed by atoms with Crippen molar-refractivity contribution in [1.29, 1.82) is 0 Å². The maximum atomic E-state index is 13.3. The van der Waals surface area contributed by atoms with E-state index in [0.717, 1.165) is 38.4 Å². The molecule has 0 unspecified atom stereocenters. The van der Waals surface area contributed by atoms with Gasteiger partial charge in [-0.3, -0.25) is 4.98 Å². The number of benzene rings is 1. The molecule has 0 bridgehead atoms. The number of nitrogens with zero attached hydrogens (tertiary/aromatic N) is 3. The second-order valence-corrected chi connectivity index (χ2v) is 5.74. The first-order chi connectivity index (χ1) is 11.2. The minimum Gasteiger partial charge on any atom is -0.472 e. The Labute approximate surface area is 163 Å². The molecule has 1 saturated heterocycles. The van der Waals surface area contributed by atoms with Gasteiger partial charge in [-0.05, 0) is 31.2 Å². The summed E-state index contributed by atoms with van der Waals surface area (Å²) in [5, 5.41) is 3.82. The Bertz CT molecular complexity index is 670. The lowest BCUT2D eigenvalue weighted by atomic mass is 10.2. The second kappa shape index (κ2) is 10.6. The number of anilines is 1. The van der Waals surface area contributed by atoms with Crippen LogP contribution < -0.4 is 15.0 Å². The summed E-state index contributed by atoms with van der Waals surface area (Å²) in [6, 6.07) is 4.20. The highest BCUT2D eigenvalue weighted by Crippen LogP contribution is 2.20. The zero-order valence-electron chi connectivity index (χ0n) is 13.5. The molecule has 1 aliphatic rings. The topological polar surface area (TPSA) is 50.3 Å². The molecule has 3 rings (SSSR count). The maximum absolute atomic E-state index is 13.3. The van der Waals surface area contributed by atoms with Crippen LogP contribution in [0, 0.1) is 5.82 Å². The van der Waals surface area contributed by atoms with Gasteiger partial charge in [-0.2, -0.15) is 4.98 Å². The monoisotopic (exact) mass is 408 g/mol. The van der Waals surface area contributed by atoms with Gasteiger partial charge in [0.2, 0.25) is 5.88 Å². The molecule has 0 aliphatic carbocycles. The first kappa shape index (κ1) is 21.7. The third-order valence-corrected chi connectivity index (χ3v) is 4.02. The van der Waals surface area contributed by atoms with Gasteiger partial charge in [-0.15, -0.1) is 24.8 Å². The van der Waals surface area contributed by atoms with Crippen LogP contribution in [0.15, 0.2) is 30.6 Å². The van der Waals surface area contributed by atoms with E-state index in [2.05, 4.69) is 20.2 Å². The molecular formula is C16H20Cl3FN4O. The zero-order chi connectivity index (χ0) is 16.1. The summed E-state index contributed by atoms with van der Waals surface area (Å²) >= 11 is 6.04. The van der Waals surface area contributed by atoms with Crippen molar-refractivity contribution in [2.45, 2.75) is 13.0 Å². The van der Waals surface area contributed by atoms with Gasteiger partial charge in [0.05, 0.1) is 12.4 Å². The summed E-state index contributed by atoms with van der Waals surface area (Å²) in [6.45, 7) is 3.90. The van der Waals surface area contributed by atoms with Crippen LogP contribution in [-0.4, -0.2) is 36.1 Å². The molecule has 1 N–H and O–H groups in total. The summed E-state index contributed by atoms with van der Waals surface area (Å²) in [5.41, 5.74) is 0.581. The van der Waals surface area contributed by atoms with E-state index in [4.69, 9.17) is 16.3 Å². The van der Waals surface area contributed by atoms with E-state index in [1.807, 2.05) is 0 Å². The molecule has 0 saturated carbocycles. The molecular weight excluding hydrogens is 390 g/mol. The first-order valence-corrected chi connectivity index (χ1v) is 7.94. The van der Waals surface area contributed by atoms with Crippen LogP contribution in [0.5, 0.6) is 5.88 Å². The number of nitrogens with one attached hydrogen (secondary N) is 1. The quantitative estimate of drug-likeness (QED) is 0.838. The molecule has 2 aromatic rings. The second-order valence-electron chi connectivity index (χ2n) is 5.33. The highest BCUT2D eigenvalue weighted by molar-refractivity contribution is 6.31. The summed E-state index contributed by atoms with van der Waals surface area (Å²) in [5.74, 6) is 0.849. The lowest BCUT2D eigenvalue weighted by Gasteiger charge is -2.20. The Morgan fingerprint density at radius 3 is 2.88 bits per heavy atom. The minimum absolute atomic E-state index is 0. The average Bonchev–Trinajstić information content (AvgIpc) is 2.85. The van der Waals surface area contributed by atoms with Gasteiger partial charge in [-0.25, -0.2) is 4.39 Å². The number of aromatic nitrogens is 2. The highest BCUT2D eigenvalue weighted by atomic mass is 35.5. The number of ether oxygens (including phenoxy) is 1. The summed E-state index contributed by atoms with van der Waals surface area (Å²) < 4.78 is 18.9. The van der Waals surface area contributed by atoms with Crippen molar-refractivity contribution >= 4 is 42.2 Å². The van der Waals surface area contributed by atoms with E-state index >= 15 is 0 Å². The summed E-state index contributed by atoms with van der Waals surface area (Å²) in [4.78, 5) is 10.8. The standard InChI is InChI=1S/C16H18ClFN4O.2ClH/c17-14-3-2-13(18)8-12(14)11-23-16-10-20-9-15(21-16)22-6-1-4-19-5-7-22;;/h2-3,8-10,19H,1,4-7,11H2;2*1H. The van der Waals surface area contributed by atoms with Crippen molar-refractivity contribution in [3.8, 4) is 5.88 Å². The van der Waals surface area contributed by atoms with Crippen LogP contribution in [0.25, 0.3) is 0 Å². The Hall–Kier alpha value is -1.34. The number of halogens is 4. The summed E-state index contributed by atoms with van der Waals surface area (Å²) in [6.07, 6.45) is 4.34. The lowest BCUT2D eigenvalue weighted by molar-refractivity contribution is 0.292. The summed E-state index contributed by atoms with van der Waals surface area (Å²) in [7, 11) is 0. The van der Waals surface area contributed by atoms with Gasteiger partial charge in [0, 0.05) is 30.2 Å². The van der Waals surface area contributed by atoms with Gasteiger partial charge >= 0.3 is 0 Å². The van der Waals surface area contributed by atoms with E-state index in [1.54, 1.807) is 12.4 Å². The van der Waals surface area contributed by atoms with Crippen molar-refractivity contribution < 1.29 is 9.13 Å². The van der Waals surface area contributed by atoms with Gasteiger partial charge in [0.1, 0.15) is 12.4 Å². The van der Waals surface area contributed by atoms with Gasteiger partial charge in [-0.1, -0.05) is 11.6 Å². The number of hydrogen-bond donors (Lipinski definition) is 1. The molecule has 1 aromatic heterocycles. The Morgan fingerprint density at radius 1 is 1.20 bits per heavy atom. The molecule has 1 aliphatic heterocycles. The third-order valence-electron chi connectivity index (χ3n) is 3.65. The molecule has 1 fully saturated rings. The first-order valence-electron chi connectivity index (χ1n) is 7.57. The molecule has 5 nitrogen and oxygen atoms in total. The van der Waals surface area contributed by atoms with E-state index in [-0.39, 0.29) is 37.2 Å². The van der Waals surface area contributed by atoms with Crippen molar-refractivity contribution in [3.05, 3.63) is 47.0 Å². The third kappa shape index (κ3) is 6.15. The Kier molecular flexibility index (Phi) is 9.21. The maximum Gasteiger partial charge on any atom is 0.234 e. The largest absolute Gasteiger partial charge is 0.472 e. The number of rotatable bonds is 4. The smallest absolute Gasteiger partial charge is 0.234 e. The van der Waals surface area contributed by atoms with Crippen molar-refractivity contribution in [1.82, 2.24) is 15.3 Å².